The zero-order valence-corrected chi connectivity index (χ0v) is 25.1. The molecule has 13 heteroatoms. The van der Waals surface area contributed by atoms with E-state index in [0.717, 1.165) is 0 Å². The van der Waals surface area contributed by atoms with Crippen molar-refractivity contribution in [2.75, 3.05) is 72.2 Å². The number of ether oxygens (including phenoxy) is 2. The Morgan fingerprint density at radius 1 is 0.718 bits per heavy atom. The quantitative estimate of drug-likeness (QED) is 0.0956. The summed E-state index contributed by atoms with van der Waals surface area (Å²) >= 11 is 0. The molecule has 13 nitrogen and oxygen atoms in total. The predicted octanol–water partition coefficient (Wildman–Crippen LogP) is 1.40. The molecule has 228 valence electrons. The summed E-state index contributed by atoms with van der Waals surface area (Å²) in [6.07, 6.45) is 0.216. The standard InChI is InChI=1S/C26H53N7O6/c1-8-38-19-20-39-18-14-28-24(35)10-9-23(34)27-11-15-33(16-12-29-25(4,5)21(2)31-36)17-13-30-26(6,7)22(3)32-37/h21-22,29-30H,8-20H2,1-7H3,(H,27,34)(H,28,35). The molecule has 0 heterocycles. The molecule has 0 saturated carbocycles. The monoisotopic (exact) mass is 559 g/mol. The number of carbonyl (C=O) groups is 2. The Morgan fingerprint density at radius 2 is 1.15 bits per heavy atom. The smallest absolute Gasteiger partial charge is 0.220 e. The van der Waals surface area contributed by atoms with Crippen LogP contribution in [0.2, 0.25) is 0 Å². The van der Waals surface area contributed by atoms with E-state index < -0.39 is 11.1 Å². The third-order valence-electron chi connectivity index (χ3n) is 6.90. The molecule has 0 spiro atoms. The Balaban J connectivity index is 4.51. The van der Waals surface area contributed by atoms with Crippen molar-refractivity contribution in [3.05, 3.63) is 9.81 Å². The number of amides is 2. The van der Waals surface area contributed by atoms with Gasteiger partial charge in [0.15, 0.2) is 0 Å². The Kier molecular flexibility index (Phi) is 19.7. The lowest BCUT2D eigenvalue weighted by Crippen LogP contribution is -2.52. The van der Waals surface area contributed by atoms with Gasteiger partial charge >= 0.3 is 0 Å². The summed E-state index contributed by atoms with van der Waals surface area (Å²) in [6.45, 7) is 19.3. The number of nitrogens with zero attached hydrogens (tertiary/aromatic N) is 3. The summed E-state index contributed by atoms with van der Waals surface area (Å²) < 4.78 is 10.5. The molecule has 0 saturated heterocycles. The first kappa shape index (κ1) is 36.9. The number of nitrogens with one attached hydrogen (secondary N) is 4. The molecule has 0 fully saturated rings. The maximum Gasteiger partial charge on any atom is 0.220 e. The summed E-state index contributed by atoms with van der Waals surface area (Å²) in [6, 6.07) is -0.759. The van der Waals surface area contributed by atoms with Gasteiger partial charge in [-0.15, -0.1) is 0 Å². The molecule has 0 aromatic rings. The van der Waals surface area contributed by atoms with Gasteiger partial charge in [0.1, 0.15) is 12.1 Å². The Hall–Kier alpha value is -2.06. The van der Waals surface area contributed by atoms with Gasteiger partial charge in [-0.25, -0.2) is 0 Å². The van der Waals surface area contributed by atoms with E-state index in [1.807, 2.05) is 34.6 Å². The van der Waals surface area contributed by atoms with Crippen LogP contribution in [-0.4, -0.2) is 112 Å². The third-order valence-corrected chi connectivity index (χ3v) is 6.90. The van der Waals surface area contributed by atoms with E-state index in [1.165, 1.54) is 0 Å². The van der Waals surface area contributed by atoms with Crippen LogP contribution in [0, 0.1) is 9.81 Å². The first-order valence-electron chi connectivity index (χ1n) is 14.0. The van der Waals surface area contributed by atoms with E-state index in [4.69, 9.17) is 9.47 Å². The summed E-state index contributed by atoms with van der Waals surface area (Å²) in [4.78, 5) is 48.3. The van der Waals surface area contributed by atoms with Crippen molar-refractivity contribution in [2.45, 2.75) is 84.5 Å². The highest BCUT2D eigenvalue weighted by Gasteiger charge is 2.27. The Bertz CT molecular complexity index is 676. The van der Waals surface area contributed by atoms with Gasteiger partial charge in [-0.05, 0) is 48.5 Å². The van der Waals surface area contributed by atoms with Crippen molar-refractivity contribution in [3.63, 3.8) is 0 Å². The molecule has 0 rings (SSSR count). The normalized spacial score (nSPS) is 13.6. The fourth-order valence-corrected chi connectivity index (χ4v) is 3.35. The largest absolute Gasteiger partial charge is 0.379 e. The molecule has 0 aliphatic heterocycles. The van der Waals surface area contributed by atoms with Gasteiger partial charge in [0.05, 0.1) is 19.8 Å². The summed E-state index contributed by atoms with van der Waals surface area (Å²) in [5, 5.41) is 18.6. The zero-order valence-electron chi connectivity index (χ0n) is 25.1. The van der Waals surface area contributed by atoms with Crippen molar-refractivity contribution in [1.82, 2.24) is 26.2 Å². The van der Waals surface area contributed by atoms with Gasteiger partial charge in [0.25, 0.3) is 0 Å². The predicted molar refractivity (Wildman–Crippen MR) is 154 cm³/mol. The first-order chi connectivity index (χ1) is 18.4. The number of hydrogen-bond acceptors (Lipinski definition) is 11. The fraction of sp³-hybridized carbons (Fsp3) is 0.923. The summed E-state index contributed by atoms with van der Waals surface area (Å²) in [5.74, 6) is -0.381. The number of rotatable bonds is 25. The van der Waals surface area contributed by atoms with Crippen LogP contribution in [0.1, 0.15) is 61.3 Å². The van der Waals surface area contributed by atoms with E-state index in [0.29, 0.717) is 72.2 Å². The van der Waals surface area contributed by atoms with Crippen LogP contribution in [0.4, 0.5) is 0 Å². The number of hydrogen-bond donors (Lipinski definition) is 4. The van der Waals surface area contributed by atoms with Crippen molar-refractivity contribution in [1.29, 1.82) is 0 Å². The summed E-state index contributed by atoms with van der Waals surface area (Å²) in [7, 11) is 0. The maximum absolute atomic E-state index is 12.3. The van der Waals surface area contributed by atoms with Gasteiger partial charge < -0.3 is 30.7 Å². The van der Waals surface area contributed by atoms with E-state index in [2.05, 4.69) is 36.5 Å². The molecule has 0 aromatic carbocycles. The molecule has 0 bridgehead atoms. The molecular weight excluding hydrogens is 506 g/mol. The molecule has 4 N–H and O–H groups in total. The lowest BCUT2D eigenvalue weighted by atomic mass is 9.97. The van der Waals surface area contributed by atoms with Crippen molar-refractivity contribution >= 4 is 11.8 Å². The average molecular weight is 560 g/mol. The lowest BCUT2D eigenvalue weighted by Gasteiger charge is -2.32. The van der Waals surface area contributed by atoms with Gasteiger partial charge in [-0.1, -0.05) is 10.4 Å². The number of carbonyl (C=O) groups excluding carboxylic acids is 2. The second-order valence-electron chi connectivity index (χ2n) is 10.7. The van der Waals surface area contributed by atoms with E-state index in [9.17, 15) is 19.4 Å². The molecule has 0 radical (unpaired) electrons. The Labute approximate surface area is 234 Å². The molecular formula is C26H53N7O6. The highest BCUT2D eigenvalue weighted by molar-refractivity contribution is 5.83. The first-order valence-corrected chi connectivity index (χ1v) is 14.0. The highest BCUT2D eigenvalue weighted by Crippen LogP contribution is 2.12. The molecule has 2 atom stereocenters. The van der Waals surface area contributed by atoms with Gasteiger partial charge in [0, 0.05) is 76.3 Å². The van der Waals surface area contributed by atoms with E-state index in [1.54, 1.807) is 13.8 Å². The third kappa shape index (κ3) is 18.0. The van der Waals surface area contributed by atoms with Crippen molar-refractivity contribution in [2.24, 2.45) is 10.4 Å². The van der Waals surface area contributed by atoms with Gasteiger partial charge in [-0.3, -0.25) is 14.5 Å². The van der Waals surface area contributed by atoms with Crippen LogP contribution in [0.25, 0.3) is 0 Å². The van der Waals surface area contributed by atoms with Crippen LogP contribution in [-0.2, 0) is 19.1 Å². The van der Waals surface area contributed by atoms with Gasteiger partial charge in [-0.2, -0.15) is 9.81 Å². The van der Waals surface area contributed by atoms with Crippen LogP contribution >= 0.6 is 0 Å². The lowest BCUT2D eigenvalue weighted by molar-refractivity contribution is -0.126. The molecule has 0 aliphatic carbocycles. The molecule has 39 heavy (non-hydrogen) atoms. The molecule has 0 aromatic heterocycles. The second-order valence-corrected chi connectivity index (χ2v) is 10.7. The van der Waals surface area contributed by atoms with Crippen molar-refractivity contribution in [3.8, 4) is 0 Å². The molecule has 0 aliphatic rings. The molecule has 2 amide bonds. The Morgan fingerprint density at radius 3 is 1.62 bits per heavy atom. The van der Waals surface area contributed by atoms with Crippen LogP contribution in [0.3, 0.4) is 0 Å². The SMILES string of the molecule is CCOCCOCCNC(=O)CCC(=O)NCCN(CCNC(C)(C)C(C)N=O)CCNC(C)(C)C(C)N=O. The van der Waals surface area contributed by atoms with Crippen LogP contribution in [0.5, 0.6) is 0 Å². The average Bonchev–Trinajstić information content (AvgIpc) is 2.89. The minimum absolute atomic E-state index is 0.107. The van der Waals surface area contributed by atoms with Crippen molar-refractivity contribution < 1.29 is 19.1 Å². The minimum atomic E-state index is -0.441. The summed E-state index contributed by atoms with van der Waals surface area (Å²) in [5.41, 5.74) is -0.883. The van der Waals surface area contributed by atoms with E-state index in [-0.39, 0.29) is 36.7 Å². The second kappa shape index (κ2) is 20.8. The van der Waals surface area contributed by atoms with Crippen LogP contribution in [0.15, 0.2) is 10.4 Å². The maximum atomic E-state index is 12.3. The zero-order chi connectivity index (χ0) is 29.7. The van der Waals surface area contributed by atoms with Crippen LogP contribution < -0.4 is 21.3 Å². The molecule has 2 unspecified atom stereocenters. The highest BCUT2D eigenvalue weighted by atomic mass is 16.5. The van der Waals surface area contributed by atoms with E-state index >= 15 is 0 Å². The fourth-order valence-electron chi connectivity index (χ4n) is 3.35. The number of nitroso groups, excluding NO2 is 2. The topological polar surface area (TPSA) is 163 Å². The minimum Gasteiger partial charge on any atom is -0.379 e. The van der Waals surface area contributed by atoms with Gasteiger partial charge in [0.2, 0.25) is 11.8 Å².